The lowest BCUT2D eigenvalue weighted by Crippen LogP contribution is -2.41. The van der Waals surface area contributed by atoms with Crippen LogP contribution in [0.15, 0.2) is 36.4 Å². The van der Waals surface area contributed by atoms with Crippen molar-refractivity contribution in [3.63, 3.8) is 0 Å². The number of benzene rings is 2. The van der Waals surface area contributed by atoms with Crippen molar-refractivity contribution in [2.45, 2.75) is 91.6 Å². The van der Waals surface area contributed by atoms with Crippen molar-refractivity contribution < 1.29 is 41.7 Å². The molecule has 2 heterocycles. The Morgan fingerprint density at radius 1 is 0.600 bits per heavy atom. The van der Waals surface area contributed by atoms with Gasteiger partial charge in [-0.3, -0.25) is 0 Å². The first kappa shape index (κ1) is 30.8. The normalized spacial score (nSPS) is 20.6. The molecule has 0 N–H and O–H groups in total. The van der Waals surface area contributed by atoms with Crippen molar-refractivity contribution in [2.24, 2.45) is 0 Å². The van der Waals surface area contributed by atoms with Gasteiger partial charge in [-0.25, -0.2) is 4.57 Å². The summed E-state index contributed by atoms with van der Waals surface area (Å²) >= 11 is 0. The van der Waals surface area contributed by atoms with E-state index in [0.717, 1.165) is 10.9 Å². The van der Waals surface area contributed by atoms with E-state index in [1.807, 2.05) is 69.2 Å². The predicted molar refractivity (Wildman–Crippen MR) is 157 cm³/mol. The summed E-state index contributed by atoms with van der Waals surface area (Å²) < 4.78 is 60.7. The standard InChI is InChI=1S/C28H41B2O9P/c1-11-32-23-17-19(29-36-25(3,4)26(5,6)37-29)13-15-21(23)34-40(31)35-22-16-14-20(18-24(22)33-12-2)30-38-27(7,8)28(9,10)39-30/h13-18,40H,11-12H2,1-10H3. The van der Waals surface area contributed by atoms with Crippen LogP contribution in [0.1, 0.15) is 69.2 Å². The first-order chi connectivity index (χ1) is 18.6. The van der Waals surface area contributed by atoms with Crippen LogP contribution >= 0.6 is 8.25 Å². The van der Waals surface area contributed by atoms with Crippen molar-refractivity contribution in [2.75, 3.05) is 13.2 Å². The first-order valence-corrected chi connectivity index (χ1v) is 15.0. The maximum absolute atomic E-state index is 13.0. The molecular formula is C28H41B2O9P. The Labute approximate surface area is 239 Å². The van der Waals surface area contributed by atoms with Gasteiger partial charge in [0.2, 0.25) is 0 Å². The fourth-order valence-corrected chi connectivity index (χ4v) is 4.94. The zero-order chi connectivity index (χ0) is 29.5. The van der Waals surface area contributed by atoms with Gasteiger partial charge >= 0.3 is 22.5 Å². The van der Waals surface area contributed by atoms with Gasteiger partial charge < -0.3 is 37.1 Å². The maximum atomic E-state index is 13.0. The second kappa shape index (κ2) is 11.3. The SMILES string of the molecule is CCOc1cc(B2OC(C)(C)C(C)(C)O2)ccc1O[PH](=O)Oc1ccc(B2OC(C)(C)C(C)(C)O2)cc1OCC. The second-order valence-electron chi connectivity index (χ2n) is 11.9. The predicted octanol–water partition coefficient (Wildman–Crippen LogP) is 4.93. The van der Waals surface area contributed by atoms with Gasteiger partial charge in [0.15, 0.2) is 23.0 Å². The minimum atomic E-state index is -3.05. The van der Waals surface area contributed by atoms with Gasteiger partial charge in [-0.05, 0) is 104 Å². The molecule has 2 aliphatic heterocycles. The highest BCUT2D eigenvalue weighted by Crippen LogP contribution is 2.41. The Kier molecular flexibility index (Phi) is 8.66. The summed E-state index contributed by atoms with van der Waals surface area (Å²) in [4.78, 5) is 0. The Balaban J connectivity index is 1.50. The summed E-state index contributed by atoms with van der Waals surface area (Å²) in [5, 5.41) is 0. The molecular weight excluding hydrogens is 533 g/mol. The minimum absolute atomic E-state index is 0.290. The third-order valence-corrected chi connectivity index (χ3v) is 8.75. The summed E-state index contributed by atoms with van der Waals surface area (Å²) in [6.07, 6.45) is 0. The molecule has 0 spiro atoms. The first-order valence-electron chi connectivity index (χ1n) is 13.7. The molecule has 0 saturated carbocycles. The molecule has 4 rings (SSSR count). The molecule has 0 atom stereocenters. The van der Waals surface area contributed by atoms with Crippen LogP contribution in [-0.2, 0) is 23.2 Å². The minimum Gasteiger partial charge on any atom is -0.490 e. The Hall–Kier alpha value is -2.16. The van der Waals surface area contributed by atoms with Crippen LogP contribution in [0, 0.1) is 0 Å². The quantitative estimate of drug-likeness (QED) is 0.290. The fraction of sp³-hybridized carbons (Fsp3) is 0.571. The molecule has 9 nitrogen and oxygen atoms in total. The molecule has 0 unspecified atom stereocenters. The fourth-order valence-electron chi connectivity index (χ4n) is 4.21. The van der Waals surface area contributed by atoms with Crippen LogP contribution in [-0.4, -0.2) is 49.9 Å². The highest BCUT2D eigenvalue weighted by Gasteiger charge is 2.53. The maximum Gasteiger partial charge on any atom is 0.494 e. The Morgan fingerprint density at radius 3 is 1.23 bits per heavy atom. The number of hydrogen-bond acceptors (Lipinski definition) is 9. The van der Waals surface area contributed by atoms with Gasteiger partial charge in [0.05, 0.1) is 35.6 Å². The lowest BCUT2D eigenvalue weighted by Gasteiger charge is -2.32. The number of ether oxygens (including phenoxy) is 2. The van der Waals surface area contributed by atoms with Crippen molar-refractivity contribution in [3.05, 3.63) is 36.4 Å². The van der Waals surface area contributed by atoms with E-state index in [-0.39, 0.29) is 11.5 Å². The van der Waals surface area contributed by atoms with Gasteiger partial charge in [0.25, 0.3) is 0 Å². The smallest absolute Gasteiger partial charge is 0.490 e. The highest BCUT2D eigenvalue weighted by atomic mass is 31.1. The molecule has 0 aliphatic carbocycles. The van der Waals surface area contributed by atoms with Crippen LogP contribution < -0.4 is 29.4 Å². The molecule has 0 bridgehead atoms. The molecule has 218 valence electrons. The molecule has 2 aromatic rings. The van der Waals surface area contributed by atoms with Crippen molar-refractivity contribution in [1.82, 2.24) is 0 Å². The number of rotatable bonds is 10. The molecule has 2 aliphatic rings. The summed E-state index contributed by atoms with van der Waals surface area (Å²) in [6, 6.07) is 10.5. The van der Waals surface area contributed by atoms with E-state index in [2.05, 4.69) is 0 Å². The average Bonchev–Trinajstić information content (AvgIpc) is 3.21. The molecule has 0 radical (unpaired) electrons. The largest absolute Gasteiger partial charge is 0.494 e. The summed E-state index contributed by atoms with van der Waals surface area (Å²) in [7, 11) is -4.18. The third kappa shape index (κ3) is 6.19. The van der Waals surface area contributed by atoms with E-state index in [1.165, 1.54) is 0 Å². The monoisotopic (exact) mass is 574 g/mol. The summed E-state index contributed by atoms with van der Waals surface area (Å²) in [5.41, 5.74) is -0.373. The molecule has 2 fully saturated rings. The Morgan fingerprint density at radius 2 is 0.925 bits per heavy atom. The van der Waals surface area contributed by atoms with Gasteiger partial charge in [0.1, 0.15) is 0 Å². The average molecular weight is 574 g/mol. The third-order valence-electron chi connectivity index (χ3n) is 7.97. The van der Waals surface area contributed by atoms with Gasteiger partial charge in [-0.15, -0.1) is 0 Å². The van der Waals surface area contributed by atoms with Crippen molar-refractivity contribution >= 4 is 33.4 Å². The molecule has 0 aromatic heterocycles. The van der Waals surface area contributed by atoms with E-state index >= 15 is 0 Å². The van der Waals surface area contributed by atoms with E-state index in [9.17, 15) is 4.57 Å². The second-order valence-corrected chi connectivity index (χ2v) is 12.8. The van der Waals surface area contributed by atoms with E-state index in [1.54, 1.807) is 36.4 Å². The van der Waals surface area contributed by atoms with Gasteiger partial charge in [0, 0.05) is 0 Å². The topological polar surface area (TPSA) is 90.9 Å². The van der Waals surface area contributed by atoms with Crippen LogP contribution in [0.4, 0.5) is 0 Å². The van der Waals surface area contributed by atoms with Gasteiger partial charge in [-0.1, -0.05) is 12.1 Å². The molecule has 0 amide bonds. The van der Waals surface area contributed by atoms with Crippen molar-refractivity contribution in [3.8, 4) is 23.0 Å². The van der Waals surface area contributed by atoms with Crippen LogP contribution in [0.3, 0.4) is 0 Å². The molecule has 2 saturated heterocycles. The lowest BCUT2D eigenvalue weighted by molar-refractivity contribution is 0.00578. The zero-order valence-electron chi connectivity index (χ0n) is 25.2. The van der Waals surface area contributed by atoms with Crippen LogP contribution in [0.5, 0.6) is 23.0 Å². The van der Waals surface area contributed by atoms with Gasteiger partial charge in [-0.2, -0.15) is 0 Å². The summed E-state index contributed by atoms with van der Waals surface area (Å²) in [6.45, 7) is 20.5. The van der Waals surface area contributed by atoms with E-state index in [0.29, 0.717) is 24.7 Å². The van der Waals surface area contributed by atoms with Crippen molar-refractivity contribution in [1.29, 1.82) is 0 Å². The lowest BCUT2D eigenvalue weighted by atomic mass is 9.79. The number of hydrogen-bond donors (Lipinski definition) is 0. The highest BCUT2D eigenvalue weighted by molar-refractivity contribution is 7.34. The molecule has 2 aromatic carbocycles. The zero-order valence-corrected chi connectivity index (χ0v) is 26.2. The summed E-state index contributed by atoms with van der Waals surface area (Å²) in [5.74, 6) is 1.41. The van der Waals surface area contributed by atoms with E-state index in [4.69, 9.17) is 37.1 Å². The van der Waals surface area contributed by atoms with Crippen LogP contribution in [0.2, 0.25) is 0 Å². The Bertz CT molecular complexity index is 1120. The van der Waals surface area contributed by atoms with E-state index < -0.39 is 44.9 Å². The van der Waals surface area contributed by atoms with Crippen LogP contribution in [0.25, 0.3) is 0 Å². The molecule has 40 heavy (non-hydrogen) atoms. The molecule has 12 heteroatoms.